The molecule has 7 nitrogen and oxygen atoms in total. The highest BCUT2D eigenvalue weighted by Gasteiger charge is 2.35. The average Bonchev–Trinajstić information content (AvgIpc) is 3.38. The van der Waals surface area contributed by atoms with Crippen molar-refractivity contribution in [3.63, 3.8) is 0 Å². The minimum absolute atomic E-state index is 0.183. The molecule has 0 radical (unpaired) electrons. The molecular weight excluding hydrogens is 548 g/mol. The molecule has 1 aliphatic heterocycles. The van der Waals surface area contributed by atoms with Gasteiger partial charge in [-0.05, 0) is 112 Å². The smallest absolute Gasteiger partial charge is 0.335 e. The molecule has 2 heterocycles. The molecule has 7 heteroatoms. The lowest BCUT2D eigenvalue weighted by atomic mass is 9.81. The maximum absolute atomic E-state index is 13.8. The summed E-state index contributed by atoms with van der Waals surface area (Å²) in [6.07, 6.45) is 0.817. The molecule has 1 amide bonds. The Kier molecular flexibility index (Phi) is 9.28. The molecule has 0 unspecified atom stereocenters. The number of likely N-dealkylation sites (N-methyl/N-ethyl adjacent to an activating group) is 1. The average molecular weight is 595 g/mol. The minimum Gasteiger partial charge on any atom is -0.478 e. The Bertz CT molecular complexity index is 1630. The van der Waals surface area contributed by atoms with E-state index in [1.165, 1.54) is 22.3 Å². The zero-order valence-electron chi connectivity index (χ0n) is 27.0. The van der Waals surface area contributed by atoms with E-state index in [0.717, 1.165) is 73.4 Å². The van der Waals surface area contributed by atoms with Crippen LogP contribution in [-0.2, 0) is 16.6 Å². The monoisotopic (exact) mass is 594 g/mol. The number of hydrogen-bond acceptors (Lipinski definition) is 4. The van der Waals surface area contributed by atoms with E-state index in [9.17, 15) is 14.7 Å². The van der Waals surface area contributed by atoms with Crippen LogP contribution in [0.3, 0.4) is 0 Å². The molecule has 0 spiro atoms. The van der Waals surface area contributed by atoms with Gasteiger partial charge in [0, 0.05) is 43.6 Å². The van der Waals surface area contributed by atoms with Crippen LogP contribution in [0.5, 0.6) is 0 Å². The topological polar surface area (TPSA) is 88.7 Å². The lowest BCUT2D eigenvalue weighted by Crippen LogP contribution is -2.52. The van der Waals surface area contributed by atoms with Crippen LogP contribution in [0, 0.1) is 13.8 Å². The molecule has 1 aromatic heterocycles. The number of aromatic carboxylic acids is 1. The van der Waals surface area contributed by atoms with Crippen LogP contribution in [0.15, 0.2) is 60.7 Å². The number of aromatic nitrogens is 1. The summed E-state index contributed by atoms with van der Waals surface area (Å²) in [5, 5.41) is 14.0. The second-order valence-electron chi connectivity index (χ2n) is 13.1. The molecule has 3 aromatic carbocycles. The van der Waals surface area contributed by atoms with Gasteiger partial charge in [-0.15, -0.1) is 0 Å². The number of nitrogens with one attached hydrogen (secondary N) is 2. The Morgan fingerprint density at radius 1 is 0.955 bits per heavy atom. The van der Waals surface area contributed by atoms with Crippen molar-refractivity contribution in [2.24, 2.45) is 0 Å². The van der Waals surface area contributed by atoms with Gasteiger partial charge in [0.25, 0.3) is 0 Å². The molecule has 3 N–H and O–H groups in total. The quantitative estimate of drug-likeness (QED) is 0.192. The summed E-state index contributed by atoms with van der Waals surface area (Å²) in [5.41, 5.74) is 8.89. The molecule has 1 atom stereocenters. The third kappa shape index (κ3) is 6.74. The van der Waals surface area contributed by atoms with Gasteiger partial charge in [0.05, 0.1) is 16.7 Å². The number of amides is 1. The SMILES string of the molecule is Cc1cc(C)cc(-c2[nH]c3ccc(C(C)(C)C(=O)N4CCN(C)CC4)cc3c2[C@H](C)CNCCc2ccc(C(=O)O)cc2)c1. The van der Waals surface area contributed by atoms with Crippen LogP contribution in [0.4, 0.5) is 0 Å². The Morgan fingerprint density at radius 3 is 2.25 bits per heavy atom. The zero-order chi connectivity index (χ0) is 31.6. The highest BCUT2D eigenvalue weighted by molar-refractivity contribution is 5.94. The van der Waals surface area contributed by atoms with Crippen LogP contribution in [0.2, 0.25) is 0 Å². The van der Waals surface area contributed by atoms with Crippen molar-refractivity contribution in [1.29, 1.82) is 0 Å². The number of aromatic amines is 1. The van der Waals surface area contributed by atoms with Crippen molar-refractivity contribution in [1.82, 2.24) is 20.1 Å². The van der Waals surface area contributed by atoms with Crippen LogP contribution in [0.1, 0.15) is 64.9 Å². The summed E-state index contributed by atoms with van der Waals surface area (Å²) in [7, 11) is 2.11. The fraction of sp³-hybridized carbons (Fsp3) is 0.405. The number of carboxylic acids is 1. The molecule has 0 saturated carbocycles. The van der Waals surface area contributed by atoms with Crippen LogP contribution >= 0.6 is 0 Å². The third-order valence-electron chi connectivity index (χ3n) is 9.13. The second-order valence-corrected chi connectivity index (χ2v) is 13.1. The standard InChI is InChI=1S/C37H46N4O3/c1-24-19-25(2)21-29(20-24)34-33(26(3)23-38-14-13-27-7-9-28(10-8-27)35(42)43)31-22-30(11-12-32(31)39-34)37(4,5)36(44)41-17-15-40(6)16-18-41/h7-12,19-22,26,38-39H,13-18,23H2,1-6H3,(H,42,43)/t26-/m1/s1. The van der Waals surface area contributed by atoms with E-state index < -0.39 is 11.4 Å². The van der Waals surface area contributed by atoms with Gasteiger partial charge in [0.2, 0.25) is 5.91 Å². The Balaban J connectivity index is 1.43. The number of carbonyl (C=O) groups excluding carboxylic acids is 1. The molecule has 4 aromatic rings. The zero-order valence-corrected chi connectivity index (χ0v) is 27.0. The number of hydrogen-bond donors (Lipinski definition) is 3. The first-order valence-electron chi connectivity index (χ1n) is 15.7. The van der Waals surface area contributed by atoms with Gasteiger partial charge in [0.1, 0.15) is 0 Å². The molecule has 0 aliphatic carbocycles. The largest absolute Gasteiger partial charge is 0.478 e. The van der Waals surface area contributed by atoms with Crippen molar-refractivity contribution in [3.05, 3.63) is 94.0 Å². The number of aryl methyl sites for hydroxylation is 2. The maximum Gasteiger partial charge on any atom is 0.335 e. The number of nitrogens with zero attached hydrogens (tertiary/aromatic N) is 2. The lowest BCUT2D eigenvalue weighted by Gasteiger charge is -2.37. The number of carbonyl (C=O) groups is 2. The van der Waals surface area contributed by atoms with Crippen molar-refractivity contribution < 1.29 is 14.7 Å². The van der Waals surface area contributed by atoms with E-state index in [1.807, 2.05) is 17.0 Å². The number of benzene rings is 3. The van der Waals surface area contributed by atoms with Gasteiger partial charge in [-0.25, -0.2) is 4.79 Å². The number of rotatable bonds is 10. The van der Waals surface area contributed by atoms with Crippen LogP contribution < -0.4 is 5.32 Å². The number of fused-ring (bicyclic) bond motifs is 1. The summed E-state index contributed by atoms with van der Waals surface area (Å²) in [6, 6.07) is 20.3. The molecule has 0 bridgehead atoms. The highest BCUT2D eigenvalue weighted by atomic mass is 16.4. The third-order valence-corrected chi connectivity index (χ3v) is 9.13. The van der Waals surface area contributed by atoms with E-state index in [-0.39, 0.29) is 11.8 Å². The molecule has 1 aliphatic rings. The van der Waals surface area contributed by atoms with E-state index in [4.69, 9.17) is 0 Å². The van der Waals surface area contributed by atoms with Crippen LogP contribution in [0.25, 0.3) is 22.2 Å². The van der Waals surface area contributed by atoms with Crippen LogP contribution in [-0.4, -0.2) is 78.1 Å². The van der Waals surface area contributed by atoms with Crippen molar-refractivity contribution in [2.45, 2.75) is 52.4 Å². The number of piperazine rings is 1. The van der Waals surface area contributed by atoms with Gasteiger partial charge in [-0.2, -0.15) is 0 Å². The summed E-state index contributed by atoms with van der Waals surface area (Å²) >= 11 is 0. The van der Waals surface area contributed by atoms with Gasteiger partial charge < -0.3 is 25.2 Å². The van der Waals surface area contributed by atoms with E-state index >= 15 is 0 Å². The molecular formula is C37H46N4O3. The van der Waals surface area contributed by atoms with Crippen molar-refractivity contribution in [3.8, 4) is 11.3 Å². The first kappa shape index (κ1) is 31.5. The lowest BCUT2D eigenvalue weighted by molar-refractivity contribution is -0.137. The van der Waals surface area contributed by atoms with E-state index in [2.05, 4.69) is 93.3 Å². The summed E-state index contributed by atoms with van der Waals surface area (Å²) < 4.78 is 0. The Morgan fingerprint density at radius 2 is 1.61 bits per heavy atom. The van der Waals surface area contributed by atoms with E-state index in [1.54, 1.807) is 12.1 Å². The predicted molar refractivity (Wildman–Crippen MR) is 179 cm³/mol. The fourth-order valence-corrected chi connectivity index (χ4v) is 6.46. The Hall–Kier alpha value is -3.94. The van der Waals surface area contributed by atoms with E-state index in [0.29, 0.717) is 5.56 Å². The molecule has 5 rings (SSSR count). The Labute approximate surface area is 261 Å². The summed E-state index contributed by atoms with van der Waals surface area (Å²) in [5.74, 6) is -0.527. The number of H-pyrrole nitrogens is 1. The van der Waals surface area contributed by atoms with Gasteiger partial charge in [0.15, 0.2) is 0 Å². The maximum atomic E-state index is 13.8. The highest BCUT2D eigenvalue weighted by Crippen LogP contribution is 2.38. The molecule has 44 heavy (non-hydrogen) atoms. The molecule has 232 valence electrons. The first-order valence-corrected chi connectivity index (χ1v) is 15.7. The minimum atomic E-state index is -0.905. The summed E-state index contributed by atoms with van der Waals surface area (Å²) in [4.78, 5) is 33.0. The normalized spacial score (nSPS) is 15.1. The first-order chi connectivity index (χ1) is 20.9. The second kappa shape index (κ2) is 13.0. The molecule has 1 fully saturated rings. The van der Waals surface area contributed by atoms with Crippen molar-refractivity contribution in [2.75, 3.05) is 46.3 Å². The van der Waals surface area contributed by atoms with Gasteiger partial charge >= 0.3 is 5.97 Å². The van der Waals surface area contributed by atoms with Crippen molar-refractivity contribution >= 4 is 22.8 Å². The molecule has 1 saturated heterocycles. The number of carboxylic acid groups (broad SMARTS) is 1. The summed E-state index contributed by atoms with van der Waals surface area (Å²) in [6.45, 7) is 15.5. The fourth-order valence-electron chi connectivity index (χ4n) is 6.46. The van der Waals surface area contributed by atoms with Gasteiger partial charge in [-0.3, -0.25) is 4.79 Å². The predicted octanol–water partition coefficient (Wildman–Crippen LogP) is 6.14. The van der Waals surface area contributed by atoms with Gasteiger partial charge in [-0.1, -0.05) is 42.3 Å².